The molecule has 1 amide bonds. The van der Waals surface area contributed by atoms with Gasteiger partial charge in [-0.25, -0.2) is 0 Å². The first-order chi connectivity index (χ1) is 14.8. The molecule has 2 aliphatic rings. The Labute approximate surface area is 179 Å². The zero-order valence-electron chi connectivity index (χ0n) is 17.6. The Balaban J connectivity index is 1.32. The van der Waals surface area contributed by atoms with E-state index in [1.54, 1.807) is 0 Å². The summed E-state index contributed by atoms with van der Waals surface area (Å²) in [4.78, 5) is 17.2. The molecule has 6 nitrogen and oxygen atoms in total. The summed E-state index contributed by atoms with van der Waals surface area (Å²) in [6.45, 7) is 5.76. The van der Waals surface area contributed by atoms with Crippen molar-refractivity contribution < 1.29 is 9.53 Å². The number of benzene rings is 2. The maximum atomic E-state index is 12.5. The average molecular weight is 409 g/mol. The van der Waals surface area contributed by atoms with Crippen LogP contribution in [-0.2, 0) is 9.53 Å². The maximum absolute atomic E-state index is 12.5. The molecular formula is C24H32N4O2. The number of amides is 1. The number of rotatable bonds is 6. The molecule has 4 rings (SSSR count). The quantitative estimate of drug-likeness (QED) is 0.758. The molecule has 2 aromatic carbocycles. The van der Waals surface area contributed by atoms with Crippen molar-refractivity contribution in [2.75, 3.05) is 66.4 Å². The zero-order chi connectivity index (χ0) is 20.6. The van der Waals surface area contributed by atoms with Crippen molar-refractivity contribution in [2.24, 2.45) is 0 Å². The average Bonchev–Trinajstić information content (AvgIpc) is 3.09. The maximum Gasteiger partial charge on any atom is 0.243 e. The van der Waals surface area contributed by atoms with Crippen molar-refractivity contribution >= 4 is 28.7 Å². The molecule has 6 heteroatoms. The van der Waals surface area contributed by atoms with Gasteiger partial charge >= 0.3 is 0 Å². The third-order valence-electron chi connectivity index (χ3n) is 5.82. The number of hydrogen-bond donors (Lipinski definition) is 2. The molecular weight excluding hydrogens is 376 g/mol. The molecule has 0 bridgehead atoms. The van der Waals surface area contributed by atoms with Crippen molar-refractivity contribution in [1.82, 2.24) is 0 Å². The van der Waals surface area contributed by atoms with Gasteiger partial charge in [0.25, 0.3) is 0 Å². The summed E-state index contributed by atoms with van der Waals surface area (Å²) in [5, 5.41) is 6.33. The van der Waals surface area contributed by atoms with Crippen LogP contribution in [-0.4, -0.2) is 51.8 Å². The summed E-state index contributed by atoms with van der Waals surface area (Å²) in [6, 6.07) is 16.3. The summed E-state index contributed by atoms with van der Waals surface area (Å²) >= 11 is 0. The van der Waals surface area contributed by atoms with Crippen molar-refractivity contribution in [3.63, 3.8) is 0 Å². The van der Waals surface area contributed by atoms with Gasteiger partial charge in [0.05, 0.1) is 31.1 Å². The first-order valence-electron chi connectivity index (χ1n) is 11.1. The van der Waals surface area contributed by atoms with Gasteiger partial charge in [-0.2, -0.15) is 0 Å². The zero-order valence-corrected chi connectivity index (χ0v) is 17.6. The van der Waals surface area contributed by atoms with E-state index in [-0.39, 0.29) is 12.5 Å². The number of nitrogens with one attached hydrogen (secondary N) is 2. The fraction of sp³-hybridized carbons (Fsp3) is 0.458. The van der Waals surface area contributed by atoms with Crippen LogP contribution in [0.3, 0.4) is 0 Å². The van der Waals surface area contributed by atoms with Gasteiger partial charge in [0.2, 0.25) is 5.91 Å². The van der Waals surface area contributed by atoms with E-state index in [0.29, 0.717) is 0 Å². The molecule has 2 N–H and O–H groups in total. The number of morpholine rings is 1. The Bertz CT molecular complexity index is 810. The molecule has 2 saturated heterocycles. The highest BCUT2D eigenvalue weighted by Gasteiger charge is 2.14. The predicted octanol–water partition coefficient (Wildman–Crippen LogP) is 3.95. The van der Waals surface area contributed by atoms with Gasteiger partial charge in [-0.3, -0.25) is 4.79 Å². The van der Waals surface area contributed by atoms with Gasteiger partial charge in [-0.15, -0.1) is 0 Å². The first kappa shape index (κ1) is 20.5. The van der Waals surface area contributed by atoms with E-state index >= 15 is 0 Å². The van der Waals surface area contributed by atoms with Crippen molar-refractivity contribution in [1.29, 1.82) is 0 Å². The van der Waals surface area contributed by atoms with Crippen molar-refractivity contribution in [3.05, 3.63) is 48.5 Å². The van der Waals surface area contributed by atoms with Crippen LogP contribution >= 0.6 is 0 Å². The Morgan fingerprint density at radius 1 is 0.833 bits per heavy atom. The molecule has 0 unspecified atom stereocenters. The molecule has 0 spiro atoms. The number of carbonyl (C=O) groups is 1. The standard InChI is InChI=1S/C24H32N4O2/c29-24(26-20-9-11-21(12-10-20)27-15-17-30-18-16-27)19-25-22-7-3-4-8-23(22)28-13-5-1-2-6-14-28/h3-4,7-12,25H,1-2,5-6,13-19H2,(H,26,29). The second-order valence-corrected chi connectivity index (χ2v) is 7.97. The molecule has 2 aliphatic heterocycles. The largest absolute Gasteiger partial charge is 0.378 e. The normalized spacial score (nSPS) is 17.3. The van der Waals surface area contributed by atoms with E-state index in [2.05, 4.69) is 50.8 Å². The number of nitrogens with zero attached hydrogens (tertiary/aromatic N) is 2. The molecule has 0 saturated carbocycles. The van der Waals surface area contributed by atoms with Crippen LogP contribution in [0.2, 0.25) is 0 Å². The second-order valence-electron chi connectivity index (χ2n) is 7.97. The number of para-hydroxylation sites is 2. The van der Waals surface area contributed by atoms with Crippen LogP contribution in [0.4, 0.5) is 22.7 Å². The first-order valence-corrected chi connectivity index (χ1v) is 11.1. The third-order valence-corrected chi connectivity index (χ3v) is 5.82. The molecule has 0 aromatic heterocycles. The molecule has 30 heavy (non-hydrogen) atoms. The summed E-state index contributed by atoms with van der Waals surface area (Å²) in [5.41, 5.74) is 4.21. The highest BCUT2D eigenvalue weighted by Crippen LogP contribution is 2.28. The highest BCUT2D eigenvalue weighted by molar-refractivity contribution is 5.94. The minimum atomic E-state index is -0.0419. The van der Waals surface area contributed by atoms with E-state index < -0.39 is 0 Å². The van der Waals surface area contributed by atoms with E-state index in [0.717, 1.165) is 50.8 Å². The van der Waals surface area contributed by atoms with Crippen LogP contribution in [0.5, 0.6) is 0 Å². The lowest BCUT2D eigenvalue weighted by atomic mass is 10.2. The lowest BCUT2D eigenvalue weighted by Gasteiger charge is -2.28. The Hall–Kier alpha value is -2.73. The third kappa shape index (κ3) is 5.45. The Morgan fingerprint density at radius 2 is 1.53 bits per heavy atom. The van der Waals surface area contributed by atoms with Gasteiger partial charge in [-0.1, -0.05) is 25.0 Å². The van der Waals surface area contributed by atoms with E-state index in [1.165, 1.54) is 37.1 Å². The van der Waals surface area contributed by atoms with E-state index in [4.69, 9.17) is 4.74 Å². The smallest absolute Gasteiger partial charge is 0.243 e. The van der Waals surface area contributed by atoms with Crippen LogP contribution in [0.15, 0.2) is 48.5 Å². The van der Waals surface area contributed by atoms with Crippen molar-refractivity contribution in [3.8, 4) is 0 Å². The summed E-state index contributed by atoms with van der Waals surface area (Å²) in [6.07, 6.45) is 5.07. The topological polar surface area (TPSA) is 56.8 Å². The molecule has 0 radical (unpaired) electrons. The lowest BCUT2D eigenvalue weighted by molar-refractivity contribution is -0.114. The van der Waals surface area contributed by atoms with Gasteiger partial charge < -0.3 is 25.2 Å². The summed E-state index contributed by atoms with van der Waals surface area (Å²) in [5.74, 6) is -0.0419. The molecule has 2 heterocycles. The lowest BCUT2D eigenvalue weighted by Crippen LogP contribution is -2.36. The number of ether oxygens (including phenoxy) is 1. The Morgan fingerprint density at radius 3 is 2.27 bits per heavy atom. The SMILES string of the molecule is O=C(CNc1ccccc1N1CCCCCC1)Nc1ccc(N2CCOCC2)cc1. The fourth-order valence-electron chi connectivity index (χ4n) is 4.17. The van der Waals surface area contributed by atoms with Crippen LogP contribution in [0, 0.1) is 0 Å². The minimum Gasteiger partial charge on any atom is -0.378 e. The molecule has 160 valence electrons. The van der Waals surface area contributed by atoms with Gasteiger partial charge in [0, 0.05) is 37.6 Å². The molecule has 0 aliphatic carbocycles. The predicted molar refractivity (Wildman–Crippen MR) is 124 cm³/mol. The van der Waals surface area contributed by atoms with Crippen LogP contribution in [0.25, 0.3) is 0 Å². The van der Waals surface area contributed by atoms with E-state index in [9.17, 15) is 4.79 Å². The van der Waals surface area contributed by atoms with Gasteiger partial charge in [-0.05, 0) is 49.2 Å². The number of carbonyl (C=O) groups excluding carboxylic acids is 1. The highest BCUT2D eigenvalue weighted by atomic mass is 16.5. The fourth-order valence-corrected chi connectivity index (χ4v) is 4.17. The number of anilines is 4. The van der Waals surface area contributed by atoms with E-state index in [1.807, 2.05) is 18.2 Å². The van der Waals surface area contributed by atoms with Crippen molar-refractivity contribution in [2.45, 2.75) is 25.7 Å². The summed E-state index contributed by atoms with van der Waals surface area (Å²) in [7, 11) is 0. The summed E-state index contributed by atoms with van der Waals surface area (Å²) < 4.78 is 5.41. The van der Waals surface area contributed by atoms with Crippen LogP contribution < -0.4 is 20.4 Å². The molecule has 0 atom stereocenters. The second kappa shape index (κ2) is 10.3. The minimum absolute atomic E-state index is 0.0419. The monoisotopic (exact) mass is 408 g/mol. The Kier molecular flexibility index (Phi) is 7.08. The van der Waals surface area contributed by atoms with Gasteiger partial charge in [0.15, 0.2) is 0 Å². The molecule has 2 aromatic rings. The van der Waals surface area contributed by atoms with Crippen LogP contribution in [0.1, 0.15) is 25.7 Å². The molecule has 2 fully saturated rings. The number of hydrogen-bond acceptors (Lipinski definition) is 5. The van der Waals surface area contributed by atoms with Gasteiger partial charge in [0.1, 0.15) is 0 Å².